The average molecular weight is 215 g/mol. The number of halogens is 1. The van der Waals surface area contributed by atoms with Crippen LogP contribution < -0.4 is 0 Å². The molecule has 0 aromatic heterocycles. The van der Waals surface area contributed by atoms with Crippen molar-refractivity contribution in [3.63, 3.8) is 0 Å². The fourth-order valence-electron chi connectivity index (χ4n) is 0.248. The Balaban J connectivity index is 3.39. The molecule has 1 N–H and O–H groups in total. The summed E-state index contributed by atoms with van der Waals surface area (Å²) in [4.78, 5) is 20.5. The van der Waals surface area contributed by atoms with E-state index in [2.05, 4.69) is 0 Å². The van der Waals surface area contributed by atoms with Crippen molar-refractivity contribution >= 4 is 44.3 Å². The number of carbonyl (C=O) groups excluding carboxylic acids is 1. The molecule has 1 atom stereocenters. The van der Waals surface area contributed by atoms with E-state index >= 15 is 0 Å². The number of rotatable bonds is 4. The van der Waals surface area contributed by atoms with E-state index in [9.17, 15) is 9.59 Å². The quantitative estimate of drug-likeness (QED) is 0.569. The summed E-state index contributed by atoms with van der Waals surface area (Å²) >= 11 is 5.35. The van der Waals surface area contributed by atoms with Crippen LogP contribution in [0.3, 0.4) is 0 Å². The van der Waals surface area contributed by atoms with Crippen LogP contribution in [0.2, 0.25) is 0 Å². The normalized spacial score (nSPS) is 12.5. The predicted octanol–water partition coefficient (Wildman–Crippen LogP) is 1.61. The lowest BCUT2D eigenvalue weighted by Crippen LogP contribution is -2.15. The highest BCUT2D eigenvalue weighted by Crippen LogP contribution is 2.23. The van der Waals surface area contributed by atoms with Crippen LogP contribution in [-0.4, -0.2) is 27.3 Å². The largest absolute Gasteiger partial charge is 0.480 e. The van der Waals surface area contributed by atoms with E-state index in [1.807, 2.05) is 0 Å². The first kappa shape index (κ1) is 11.1. The zero-order valence-corrected chi connectivity index (χ0v) is 8.13. The van der Waals surface area contributed by atoms with E-state index in [0.29, 0.717) is 0 Å². The molecule has 0 aliphatic heterocycles. The van der Waals surface area contributed by atoms with Gasteiger partial charge in [0.05, 0.1) is 0 Å². The first-order valence-electron chi connectivity index (χ1n) is 2.71. The van der Waals surface area contributed by atoms with E-state index < -0.39 is 11.3 Å². The molecule has 11 heavy (non-hydrogen) atoms. The zero-order chi connectivity index (χ0) is 8.85. The monoisotopic (exact) mass is 214 g/mol. The number of carbonyl (C=O) groups is 2. The summed E-state index contributed by atoms with van der Waals surface area (Å²) in [6.45, 7) is 1.42. The fourth-order valence-corrected chi connectivity index (χ4v) is 2.27. The van der Waals surface area contributed by atoms with Gasteiger partial charge in [0, 0.05) is 12.7 Å². The van der Waals surface area contributed by atoms with Crippen LogP contribution in [0, 0.1) is 0 Å². The van der Waals surface area contributed by atoms with Crippen LogP contribution in [0.5, 0.6) is 0 Å². The van der Waals surface area contributed by atoms with E-state index in [0.717, 1.165) is 21.6 Å². The molecule has 0 radical (unpaired) electrons. The molecular weight excluding hydrogens is 208 g/mol. The van der Waals surface area contributed by atoms with Gasteiger partial charge in [-0.05, 0) is 10.8 Å². The average Bonchev–Trinajstić information content (AvgIpc) is 1.86. The summed E-state index contributed by atoms with van der Waals surface area (Å²) in [6.07, 6.45) is 0. The van der Waals surface area contributed by atoms with E-state index in [4.69, 9.17) is 16.7 Å². The third-order valence-corrected chi connectivity index (χ3v) is 3.47. The number of hydrogen-bond acceptors (Lipinski definition) is 4. The van der Waals surface area contributed by atoms with Crippen LogP contribution in [0.25, 0.3) is 0 Å². The van der Waals surface area contributed by atoms with E-state index in [1.54, 1.807) is 0 Å². The first-order valence-corrected chi connectivity index (χ1v) is 5.46. The van der Waals surface area contributed by atoms with Crippen LogP contribution in [0.1, 0.15) is 6.92 Å². The Labute approximate surface area is 77.3 Å². The van der Waals surface area contributed by atoms with Crippen molar-refractivity contribution in [1.29, 1.82) is 0 Å². The SMILES string of the molecule is CC(=O)SSCC(Cl)C(=O)O. The van der Waals surface area contributed by atoms with Crippen LogP contribution in [0.4, 0.5) is 0 Å². The second kappa shape index (κ2) is 5.74. The van der Waals surface area contributed by atoms with Crippen molar-refractivity contribution in [3.05, 3.63) is 0 Å². The van der Waals surface area contributed by atoms with Gasteiger partial charge in [0.2, 0.25) is 0 Å². The van der Waals surface area contributed by atoms with E-state index in [1.165, 1.54) is 6.92 Å². The highest BCUT2D eigenvalue weighted by molar-refractivity contribution is 8.82. The molecule has 3 nitrogen and oxygen atoms in total. The third-order valence-electron chi connectivity index (χ3n) is 0.659. The summed E-state index contributed by atoms with van der Waals surface area (Å²) < 4.78 is 0. The van der Waals surface area contributed by atoms with Crippen molar-refractivity contribution in [1.82, 2.24) is 0 Å². The Hall–Kier alpha value is 0.130. The summed E-state index contributed by atoms with van der Waals surface area (Å²) in [6, 6.07) is 0. The third kappa shape index (κ3) is 6.52. The topological polar surface area (TPSA) is 54.4 Å². The van der Waals surface area contributed by atoms with Crippen molar-refractivity contribution in [2.45, 2.75) is 12.3 Å². The van der Waals surface area contributed by atoms with Gasteiger partial charge in [-0.15, -0.1) is 11.6 Å². The number of alkyl halides is 1. The molecule has 6 heteroatoms. The molecule has 0 bridgehead atoms. The molecule has 0 rings (SSSR count). The van der Waals surface area contributed by atoms with Gasteiger partial charge in [-0.1, -0.05) is 10.8 Å². The first-order chi connectivity index (χ1) is 5.04. The minimum Gasteiger partial charge on any atom is -0.480 e. The van der Waals surface area contributed by atoms with Crippen molar-refractivity contribution < 1.29 is 14.7 Å². The molecule has 1 unspecified atom stereocenters. The molecule has 0 aliphatic rings. The number of carboxylic acid groups (broad SMARTS) is 1. The van der Waals surface area contributed by atoms with Crippen molar-refractivity contribution in [3.8, 4) is 0 Å². The lowest BCUT2D eigenvalue weighted by atomic mass is 10.5. The Morgan fingerprint density at radius 1 is 1.64 bits per heavy atom. The summed E-state index contributed by atoms with van der Waals surface area (Å²) in [5.41, 5.74) is 0. The maximum absolute atomic E-state index is 10.3. The maximum atomic E-state index is 10.3. The van der Waals surface area contributed by atoms with Crippen LogP contribution in [-0.2, 0) is 9.59 Å². The molecule has 0 saturated heterocycles. The van der Waals surface area contributed by atoms with Crippen molar-refractivity contribution in [2.24, 2.45) is 0 Å². The summed E-state index contributed by atoms with van der Waals surface area (Å²) in [5, 5.41) is 7.35. The molecule has 0 aromatic rings. The highest BCUT2D eigenvalue weighted by atomic mass is 35.5. The van der Waals surface area contributed by atoms with E-state index in [-0.39, 0.29) is 10.9 Å². The van der Waals surface area contributed by atoms with Gasteiger partial charge >= 0.3 is 5.97 Å². The lowest BCUT2D eigenvalue weighted by Gasteiger charge is -2.00. The van der Waals surface area contributed by atoms with Gasteiger partial charge in [0.1, 0.15) is 5.38 Å². The van der Waals surface area contributed by atoms with Gasteiger partial charge < -0.3 is 5.11 Å². The zero-order valence-electron chi connectivity index (χ0n) is 5.74. The molecule has 0 saturated carbocycles. The van der Waals surface area contributed by atoms with Crippen LogP contribution >= 0.6 is 33.2 Å². The molecule has 0 aliphatic carbocycles. The fraction of sp³-hybridized carbons (Fsp3) is 0.600. The van der Waals surface area contributed by atoms with Gasteiger partial charge in [0.15, 0.2) is 5.12 Å². The minimum atomic E-state index is -1.05. The maximum Gasteiger partial charge on any atom is 0.322 e. The summed E-state index contributed by atoms with van der Waals surface area (Å²) in [7, 11) is 2.16. The Kier molecular flexibility index (Phi) is 5.81. The summed E-state index contributed by atoms with van der Waals surface area (Å²) in [5.74, 6) is -0.815. The predicted molar refractivity (Wildman–Crippen MR) is 48.0 cm³/mol. The molecule has 0 aromatic carbocycles. The van der Waals surface area contributed by atoms with Crippen LogP contribution in [0.15, 0.2) is 0 Å². The smallest absolute Gasteiger partial charge is 0.322 e. The lowest BCUT2D eigenvalue weighted by molar-refractivity contribution is -0.136. The number of hydrogen-bond donors (Lipinski definition) is 1. The Morgan fingerprint density at radius 2 is 2.18 bits per heavy atom. The van der Waals surface area contributed by atoms with Crippen molar-refractivity contribution in [2.75, 3.05) is 5.75 Å². The number of aliphatic carboxylic acids is 1. The minimum absolute atomic E-state index is 0.0516. The Morgan fingerprint density at radius 3 is 2.55 bits per heavy atom. The van der Waals surface area contributed by atoms with Gasteiger partial charge in [0.25, 0.3) is 0 Å². The second-order valence-electron chi connectivity index (χ2n) is 1.67. The van der Waals surface area contributed by atoms with Gasteiger partial charge in [-0.2, -0.15) is 0 Å². The number of carboxylic acids is 1. The molecule has 0 heterocycles. The molecule has 0 fully saturated rings. The van der Waals surface area contributed by atoms with Gasteiger partial charge in [-0.25, -0.2) is 0 Å². The second-order valence-corrected chi connectivity index (χ2v) is 4.71. The standard InChI is InChI=1S/C5H7ClO3S2/c1-3(7)11-10-2-4(6)5(8)9/h4H,2H2,1H3,(H,8,9). The Bertz CT molecular complexity index is 162. The van der Waals surface area contributed by atoms with Gasteiger partial charge in [-0.3, -0.25) is 9.59 Å². The molecular formula is C5H7ClO3S2. The highest BCUT2D eigenvalue weighted by Gasteiger charge is 2.13. The molecule has 0 spiro atoms. The molecule has 64 valence electrons. The molecule has 0 amide bonds.